The largest absolute Gasteiger partial charge is 0.386 e. The summed E-state index contributed by atoms with van der Waals surface area (Å²) in [6.45, 7) is 8.64. The SMILES string of the molecule is Cn1c(=O)n(C2CCC(=O)NC2=O)c2cccc(N3CCC4(CCN(CC5CCC(c6nc7cc(C(C)(C)O)c(NC(=O)c8cncc(C#N)c8)cc7s6)CC5)CC4)CC3)c21. The van der Waals surface area contributed by atoms with Gasteiger partial charge in [-0.2, -0.15) is 5.26 Å². The third kappa shape index (κ3) is 7.97. The minimum absolute atomic E-state index is 0.221. The fraction of sp³-hybridized carbons (Fsp3) is 0.500. The Hall–Kier alpha value is -5.43. The van der Waals surface area contributed by atoms with Crippen LogP contribution in [0.2, 0.25) is 0 Å². The standard InChI is InChI=1S/C46H53N9O5S/c1-45(2,60)32-22-34-38(23-33(32)49-41(57)31-21-29(24-47)25-48-26-31)61-43(50-34)30-9-7-28(8-10-30)27-53-17-13-46(14-18-53)15-19-54(20-16-46)35-5-4-6-36-40(35)52(3)44(59)55(36)37-11-12-39(56)51-42(37)58/h4-6,21-23,25-26,28,30,37,60H,7-20,27H2,1-3H3,(H,49,57)(H,51,56,58). The molecule has 1 saturated carbocycles. The van der Waals surface area contributed by atoms with Gasteiger partial charge < -0.3 is 20.2 Å². The number of benzene rings is 2. The first kappa shape index (κ1) is 40.9. The van der Waals surface area contributed by atoms with Crippen LogP contribution in [0.4, 0.5) is 11.4 Å². The highest BCUT2D eigenvalue weighted by molar-refractivity contribution is 7.18. The maximum Gasteiger partial charge on any atom is 0.329 e. The smallest absolute Gasteiger partial charge is 0.329 e. The average molecular weight is 844 g/mol. The third-order valence-electron chi connectivity index (χ3n) is 14.0. The second-order valence-corrected chi connectivity index (χ2v) is 19.4. The van der Waals surface area contributed by atoms with Crippen molar-refractivity contribution < 1.29 is 19.5 Å². The average Bonchev–Trinajstić information content (AvgIpc) is 3.79. The van der Waals surface area contributed by atoms with Crippen LogP contribution in [0, 0.1) is 22.7 Å². The summed E-state index contributed by atoms with van der Waals surface area (Å²) in [4.78, 5) is 65.5. The third-order valence-corrected chi connectivity index (χ3v) is 15.2. The van der Waals surface area contributed by atoms with Crippen LogP contribution < -0.4 is 21.2 Å². The van der Waals surface area contributed by atoms with Gasteiger partial charge in [-0.15, -0.1) is 11.3 Å². The molecule has 3 amide bonds. The lowest BCUT2D eigenvalue weighted by Crippen LogP contribution is -2.48. The lowest BCUT2D eigenvalue weighted by Gasteiger charge is -2.48. The van der Waals surface area contributed by atoms with Gasteiger partial charge in [0.05, 0.1) is 48.7 Å². The lowest BCUT2D eigenvalue weighted by molar-refractivity contribution is -0.135. The predicted molar refractivity (Wildman–Crippen MR) is 235 cm³/mol. The number of anilines is 2. The number of pyridine rings is 1. The second kappa shape index (κ2) is 16.1. The van der Waals surface area contributed by atoms with E-state index in [1.807, 2.05) is 30.3 Å². The monoisotopic (exact) mass is 843 g/mol. The van der Waals surface area contributed by atoms with Crippen molar-refractivity contribution >= 4 is 61.7 Å². The number of piperidine rings is 3. The van der Waals surface area contributed by atoms with Gasteiger partial charge in [-0.05, 0) is 126 Å². The number of carbonyl (C=O) groups excluding carboxylic acids is 3. The van der Waals surface area contributed by atoms with Crippen LogP contribution in [0.5, 0.6) is 0 Å². The van der Waals surface area contributed by atoms with Gasteiger partial charge in [0.25, 0.3) is 5.91 Å². The molecule has 2 aromatic carbocycles. The molecule has 4 fully saturated rings. The highest BCUT2D eigenvalue weighted by atomic mass is 32.1. The van der Waals surface area contributed by atoms with E-state index in [-0.39, 0.29) is 23.6 Å². The lowest BCUT2D eigenvalue weighted by atomic mass is 9.71. The van der Waals surface area contributed by atoms with Crippen LogP contribution in [-0.4, -0.2) is 79.6 Å². The van der Waals surface area contributed by atoms with E-state index in [9.17, 15) is 29.5 Å². The number of aliphatic hydroxyl groups is 1. The molecule has 0 radical (unpaired) electrons. The van der Waals surface area contributed by atoms with Gasteiger partial charge in [0.2, 0.25) is 11.8 Å². The number of nitriles is 1. The number of imidazole rings is 1. The summed E-state index contributed by atoms with van der Waals surface area (Å²) in [5.74, 6) is -0.0499. The topological polar surface area (TPSA) is 178 Å². The Bertz CT molecular complexity index is 2630. The molecule has 5 aromatic rings. The number of hydrogen-bond donors (Lipinski definition) is 3. The highest BCUT2D eigenvalue weighted by Crippen LogP contribution is 2.45. The fourth-order valence-corrected chi connectivity index (χ4v) is 11.5. The predicted octanol–water partition coefficient (Wildman–Crippen LogP) is 6.33. The molecule has 9 rings (SSSR count). The molecule has 1 spiro atoms. The van der Waals surface area contributed by atoms with Crippen molar-refractivity contribution in [1.29, 1.82) is 5.26 Å². The number of fused-ring (bicyclic) bond motifs is 2. The fourth-order valence-electron chi connectivity index (χ4n) is 10.4. The molecule has 61 heavy (non-hydrogen) atoms. The van der Waals surface area contributed by atoms with Crippen LogP contribution in [-0.2, 0) is 22.2 Å². The van der Waals surface area contributed by atoms with E-state index in [2.05, 4.69) is 31.5 Å². The number of hydrogen-bond acceptors (Lipinski definition) is 11. The van der Waals surface area contributed by atoms with Crippen LogP contribution in [0.25, 0.3) is 21.3 Å². The van der Waals surface area contributed by atoms with Crippen LogP contribution in [0.15, 0.2) is 53.6 Å². The van der Waals surface area contributed by atoms with Crippen molar-refractivity contribution in [3.05, 3.63) is 81.0 Å². The summed E-state index contributed by atoms with van der Waals surface area (Å²) in [5, 5.41) is 26.8. The molecular weight excluding hydrogens is 791 g/mol. The molecule has 15 heteroatoms. The van der Waals surface area contributed by atoms with Gasteiger partial charge in [-0.25, -0.2) is 9.78 Å². The summed E-state index contributed by atoms with van der Waals surface area (Å²) >= 11 is 1.67. The first-order valence-electron chi connectivity index (χ1n) is 21.6. The first-order valence-corrected chi connectivity index (χ1v) is 22.5. The Kier molecular flexibility index (Phi) is 10.8. The number of likely N-dealkylation sites (tertiary alicyclic amines) is 1. The van der Waals surface area contributed by atoms with Crippen LogP contribution in [0.3, 0.4) is 0 Å². The van der Waals surface area contributed by atoms with Crippen molar-refractivity contribution in [3.63, 3.8) is 0 Å². The zero-order valence-electron chi connectivity index (χ0n) is 35.1. The molecule has 6 heterocycles. The van der Waals surface area contributed by atoms with Gasteiger partial charge in [0.15, 0.2) is 0 Å². The van der Waals surface area contributed by atoms with Gasteiger partial charge in [0.1, 0.15) is 12.1 Å². The zero-order chi connectivity index (χ0) is 42.6. The quantitative estimate of drug-likeness (QED) is 0.150. The van der Waals surface area contributed by atoms with Crippen molar-refractivity contribution in [2.75, 3.05) is 42.9 Å². The molecule has 1 atom stereocenters. The maximum atomic E-state index is 13.5. The second-order valence-electron chi connectivity index (χ2n) is 18.3. The van der Waals surface area contributed by atoms with Crippen LogP contribution in [0.1, 0.15) is 117 Å². The number of thiazole rings is 1. The van der Waals surface area contributed by atoms with E-state index in [0.717, 1.165) is 90.4 Å². The van der Waals surface area contributed by atoms with Crippen molar-refractivity contribution in [3.8, 4) is 6.07 Å². The molecule has 3 N–H and O–H groups in total. The molecular formula is C46H53N9O5S. The van der Waals surface area contributed by atoms with E-state index in [4.69, 9.17) is 4.98 Å². The summed E-state index contributed by atoms with van der Waals surface area (Å²) in [7, 11) is 1.78. The summed E-state index contributed by atoms with van der Waals surface area (Å²) in [5.41, 5.74) is 3.99. The van der Waals surface area contributed by atoms with E-state index >= 15 is 0 Å². The molecule has 14 nitrogen and oxygen atoms in total. The summed E-state index contributed by atoms with van der Waals surface area (Å²) < 4.78 is 4.20. The van der Waals surface area contributed by atoms with Gasteiger partial charge in [0, 0.05) is 62.7 Å². The van der Waals surface area contributed by atoms with Gasteiger partial charge in [-0.1, -0.05) is 6.07 Å². The van der Waals surface area contributed by atoms with E-state index in [1.165, 1.54) is 44.1 Å². The Morgan fingerprint density at radius 3 is 2.46 bits per heavy atom. The molecule has 3 saturated heterocycles. The maximum absolute atomic E-state index is 13.5. The van der Waals surface area contributed by atoms with Crippen molar-refractivity contribution in [2.24, 2.45) is 18.4 Å². The summed E-state index contributed by atoms with van der Waals surface area (Å²) in [6, 6.07) is 12.6. The van der Waals surface area contributed by atoms with Crippen LogP contribution >= 0.6 is 11.3 Å². The normalized spacial score (nSPS) is 22.4. The summed E-state index contributed by atoms with van der Waals surface area (Å²) in [6.07, 6.45) is 12.6. The minimum Gasteiger partial charge on any atom is -0.386 e. The van der Waals surface area contributed by atoms with E-state index in [1.54, 1.807) is 41.4 Å². The molecule has 1 unspecified atom stereocenters. The molecule has 4 aliphatic rings. The van der Waals surface area contributed by atoms with E-state index in [0.29, 0.717) is 40.5 Å². The van der Waals surface area contributed by atoms with E-state index < -0.39 is 23.5 Å². The number of aromatic nitrogens is 4. The number of imide groups is 1. The number of rotatable bonds is 8. The zero-order valence-corrected chi connectivity index (χ0v) is 35.9. The molecule has 3 aromatic heterocycles. The first-order chi connectivity index (χ1) is 29.3. The van der Waals surface area contributed by atoms with Gasteiger partial charge in [-0.3, -0.25) is 33.8 Å². The number of amides is 3. The Morgan fingerprint density at radius 1 is 1.02 bits per heavy atom. The number of para-hydroxylation sites is 1. The number of nitrogens with one attached hydrogen (secondary N) is 2. The Balaban J connectivity index is 0.790. The Labute approximate surface area is 358 Å². The number of aryl methyl sites for hydroxylation is 1. The van der Waals surface area contributed by atoms with Crippen molar-refractivity contribution in [2.45, 2.75) is 95.6 Å². The molecule has 3 aliphatic heterocycles. The van der Waals surface area contributed by atoms with Gasteiger partial charge >= 0.3 is 5.69 Å². The number of carbonyl (C=O) groups is 3. The Morgan fingerprint density at radius 2 is 1.75 bits per heavy atom. The molecule has 0 bridgehead atoms. The highest BCUT2D eigenvalue weighted by Gasteiger charge is 2.39. The minimum atomic E-state index is -1.22. The number of nitrogens with zero attached hydrogens (tertiary/aromatic N) is 7. The van der Waals surface area contributed by atoms with Crippen molar-refractivity contribution in [1.82, 2.24) is 29.3 Å². The molecule has 318 valence electrons. The molecule has 1 aliphatic carbocycles.